The van der Waals surface area contributed by atoms with Crippen LogP contribution >= 0.6 is 0 Å². The molecule has 0 saturated heterocycles. The van der Waals surface area contributed by atoms with E-state index in [-0.39, 0.29) is 25.3 Å². The van der Waals surface area contributed by atoms with E-state index in [1.54, 1.807) is 0 Å². The van der Waals surface area contributed by atoms with Crippen LogP contribution in [0, 0.1) is 0 Å². The number of unbranched alkanes of at least 4 members (excludes halogenated alkanes) is 1. The van der Waals surface area contributed by atoms with Crippen LogP contribution in [0.5, 0.6) is 0 Å². The first-order valence-electron chi connectivity index (χ1n) is 14.2. The van der Waals surface area contributed by atoms with Gasteiger partial charge in [0.05, 0.1) is 6.04 Å². The largest absolute Gasteiger partial charge is 0.370 e. The number of nitrogens with two attached hydrogens (primary N) is 4. The molecular weight excluding hydrogens is 536 g/mol. The summed E-state index contributed by atoms with van der Waals surface area (Å²) in [7, 11) is 0. The second-order valence-corrected chi connectivity index (χ2v) is 10.2. The van der Waals surface area contributed by atoms with Gasteiger partial charge in [-0.25, -0.2) is 0 Å². The third-order valence-corrected chi connectivity index (χ3v) is 6.64. The highest BCUT2D eigenvalue weighted by atomic mass is 16.2. The molecule has 4 atom stereocenters. The quantitative estimate of drug-likeness (QED) is 0.0725. The van der Waals surface area contributed by atoms with Gasteiger partial charge >= 0.3 is 0 Å². The van der Waals surface area contributed by atoms with Crippen LogP contribution in [0.2, 0.25) is 0 Å². The number of hydrogen-bond donors (Lipinski definition) is 7. The minimum Gasteiger partial charge on any atom is -0.370 e. The molecule has 0 heterocycles. The van der Waals surface area contributed by atoms with Gasteiger partial charge in [0.2, 0.25) is 23.6 Å². The Labute approximate surface area is 247 Å². The van der Waals surface area contributed by atoms with E-state index in [4.69, 9.17) is 22.9 Å². The molecule has 0 aliphatic carbocycles. The van der Waals surface area contributed by atoms with Gasteiger partial charge in [0, 0.05) is 13.0 Å². The maximum atomic E-state index is 13.6. The number of benzene rings is 2. The van der Waals surface area contributed by atoms with E-state index in [9.17, 15) is 19.2 Å². The number of carbonyl (C=O) groups excluding carboxylic acids is 4. The zero-order chi connectivity index (χ0) is 30.9. The molecule has 4 amide bonds. The third kappa shape index (κ3) is 12.4. The number of nitrogens with one attached hydrogen (secondary N) is 3. The van der Waals surface area contributed by atoms with Crippen molar-refractivity contribution >= 4 is 29.6 Å². The molecule has 12 heteroatoms. The smallest absolute Gasteiger partial charge is 0.243 e. The predicted octanol–water partition coefficient (Wildman–Crippen LogP) is -0.0174. The molecule has 0 aliphatic rings. The molecule has 2 rings (SSSR count). The fourth-order valence-corrected chi connectivity index (χ4v) is 4.31. The average Bonchev–Trinajstić information content (AvgIpc) is 2.96. The van der Waals surface area contributed by atoms with Gasteiger partial charge in [0.15, 0.2) is 5.96 Å². The van der Waals surface area contributed by atoms with E-state index in [2.05, 4.69) is 20.9 Å². The Balaban J connectivity index is 2.16. The third-order valence-electron chi connectivity index (χ3n) is 6.64. The Bertz CT molecular complexity index is 1170. The lowest BCUT2D eigenvalue weighted by atomic mass is 10.0. The van der Waals surface area contributed by atoms with Crippen LogP contribution in [0.3, 0.4) is 0 Å². The summed E-state index contributed by atoms with van der Waals surface area (Å²) in [5.74, 6) is -2.36. The Morgan fingerprint density at radius 2 is 1.19 bits per heavy atom. The van der Waals surface area contributed by atoms with Crippen molar-refractivity contribution < 1.29 is 19.2 Å². The number of rotatable bonds is 18. The van der Waals surface area contributed by atoms with Crippen LogP contribution in [0.25, 0.3) is 0 Å². The summed E-state index contributed by atoms with van der Waals surface area (Å²) in [5.41, 5.74) is 24.1. The van der Waals surface area contributed by atoms with Crippen molar-refractivity contribution in [3.63, 3.8) is 0 Å². The van der Waals surface area contributed by atoms with E-state index in [0.29, 0.717) is 25.7 Å². The van der Waals surface area contributed by atoms with Gasteiger partial charge in [-0.3, -0.25) is 24.2 Å². The molecule has 0 fully saturated rings. The van der Waals surface area contributed by atoms with E-state index in [0.717, 1.165) is 17.5 Å². The highest BCUT2D eigenvalue weighted by Crippen LogP contribution is 2.09. The Kier molecular flexibility index (Phi) is 14.5. The van der Waals surface area contributed by atoms with Crippen molar-refractivity contribution in [2.75, 3.05) is 6.54 Å². The minimum atomic E-state index is -0.995. The van der Waals surface area contributed by atoms with Gasteiger partial charge in [0.1, 0.15) is 18.1 Å². The summed E-state index contributed by atoms with van der Waals surface area (Å²) in [5, 5.41) is 8.20. The molecule has 0 saturated carbocycles. The average molecular weight is 581 g/mol. The SMILES string of the molecule is CCCC[C@@H](NC(=O)[C@@H](Cc1ccccc1)NC(=O)[C@H](N)Cc1ccccc1)C(=O)N[C@H](CCCN=C(N)N)C(N)=O. The Morgan fingerprint density at radius 3 is 1.74 bits per heavy atom. The van der Waals surface area contributed by atoms with Crippen LogP contribution in [0.1, 0.15) is 50.2 Å². The van der Waals surface area contributed by atoms with E-state index in [1.165, 1.54) is 0 Å². The Morgan fingerprint density at radius 1 is 0.690 bits per heavy atom. The van der Waals surface area contributed by atoms with E-state index < -0.39 is 47.8 Å². The molecule has 0 spiro atoms. The number of nitrogens with zero attached hydrogens (tertiary/aromatic N) is 1. The topological polar surface area (TPSA) is 221 Å². The summed E-state index contributed by atoms with van der Waals surface area (Å²) in [6.45, 7) is 2.23. The van der Waals surface area contributed by atoms with Crippen LogP contribution in [-0.2, 0) is 32.0 Å². The van der Waals surface area contributed by atoms with Crippen molar-refractivity contribution in [1.82, 2.24) is 16.0 Å². The van der Waals surface area contributed by atoms with Gasteiger partial charge in [0.25, 0.3) is 0 Å². The van der Waals surface area contributed by atoms with Gasteiger partial charge in [-0.2, -0.15) is 0 Å². The van der Waals surface area contributed by atoms with E-state index >= 15 is 0 Å². The molecule has 2 aromatic carbocycles. The lowest BCUT2D eigenvalue weighted by Gasteiger charge is -2.25. The normalized spacial score (nSPS) is 13.6. The van der Waals surface area contributed by atoms with Crippen molar-refractivity contribution in [3.8, 4) is 0 Å². The fraction of sp³-hybridized carbons (Fsp3) is 0.433. The zero-order valence-corrected chi connectivity index (χ0v) is 24.1. The monoisotopic (exact) mass is 580 g/mol. The number of aliphatic imine (C=N–C) groups is 1. The summed E-state index contributed by atoms with van der Waals surface area (Å²) < 4.78 is 0. The van der Waals surface area contributed by atoms with Gasteiger partial charge in [-0.15, -0.1) is 0 Å². The molecule has 228 valence electrons. The van der Waals surface area contributed by atoms with Gasteiger partial charge in [-0.1, -0.05) is 80.4 Å². The molecule has 0 unspecified atom stereocenters. The Hall–Kier alpha value is -4.45. The molecule has 11 N–H and O–H groups in total. The molecule has 42 heavy (non-hydrogen) atoms. The minimum absolute atomic E-state index is 0.0739. The molecule has 2 aromatic rings. The standard InChI is InChI=1S/C30H44N8O4/c1-2-3-15-24(28(41)36-23(26(32)39)16-10-17-35-30(33)34)37-29(42)25(19-21-13-8-5-9-14-21)38-27(40)22(31)18-20-11-6-4-7-12-20/h4-9,11-14,22-25H,2-3,10,15-19,31H2,1H3,(H2,32,39)(H,36,41)(H,37,42)(H,38,40)(H4,33,34,35)/t22-,23-,24-,25-/m1/s1. The number of hydrogen-bond acceptors (Lipinski definition) is 6. The number of guanidine groups is 1. The van der Waals surface area contributed by atoms with E-state index in [1.807, 2.05) is 67.6 Å². The highest BCUT2D eigenvalue weighted by Gasteiger charge is 2.30. The first kappa shape index (κ1) is 33.8. The second kappa shape index (κ2) is 18.1. The number of amides is 4. The van der Waals surface area contributed by atoms with Crippen LogP contribution in [-0.4, -0.2) is 60.3 Å². The second-order valence-electron chi connectivity index (χ2n) is 10.2. The van der Waals surface area contributed by atoms with Crippen molar-refractivity contribution in [3.05, 3.63) is 71.8 Å². The summed E-state index contributed by atoms with van der Waals surface area (Å²) in [6, 6.07) is 14.8. The molecule has 12 nitrogen and oxygen atoms in total. The zero-order valence-electron chi connectivity index (χ0n) is 24.1. The lowest BCUT2D eigenvalue weighted by molar-refractivity contribution is -0.133. The molecule has 0 aliphatic heterocycles. The maximum Gasteiger partial charge on any atom is 0.243 e. The molecular formula is C30H44N8O4. The molecule has 0 bridgehead atoms. The van der Waals surface area contributed by atoms with Gasteiger partial charge in [-0.05, 0) is 36.8 Å². The fourth-order valence-electron chi connectivity index (χ4n) is 4.31. The summed E-state index contributed by atoms with van der Waals surface area (Å²) in [4.78, 5) is 55.8. The van der Waals surface area contributed by atoms with Crippen molar-refractivity contribution in [2.24, 2.45) is 27.9 Å². The van der Waals surface area contributed by atoms with Crippen molar-refractivity contribution in [1.29, 1.82) is 0 Å². The molecule has 0 radical (unpaired) electrons. The molecule has 0 aromatic heterocycles. The number of carbonyl (C=O) groups is 4. The summed E-state index contributed by atoms with van der Waals surface area (Å²) in [6.07, 6.45) is 2.86. The van der Waals surface area contributed by atoms with Crippen LogP contribution in [0.4, 0.5) is 0 Å². The van der Waals surface area contributed by atoms with Crippen LogP contribution in [0.15, 0.2) is 65.7 Å². The van der Waals surface area contributed by atoms with Crippen LogP contribution < -0.4 is 38.9 Å². The van der Waals surface area contributed by atoms with Gasteiger partial charge < -0.3 is 38.9 Å². The first-order valence-corrected chi connectivity index (χ1v) is 14.2. The highest BCUT2D eigenvalue weighted by molar-refractivity contribution is 5.94. The van der Waals surface area contributed by atoms with Crippen molar-refractivity contribution in [2.45, 2.75) is 76.0 Å². The number of primary amides is 1. The maximum absolute atomic E-state index is 13.6. The predicted molar refractivity (Wildman–Crippen MR) is 163 cm³/mol. The summed E-state index contributed by atoms with van der Waals surface area (Å²) >= 11 is 0. The first-order chi connectivity index (χ1) is 20.1. The lowest BCUT2D eigenvalue weighted by Crippen LogP contribution is -2.58.